The number of aromatic nitrogens is 2. The molecule has 0 fully saturated rings. The summed E-state index contributed by atoms with van der Waals surface area (Å²) in [5, 5.41) is 20.6. The lowest BCUT2D eigenvalue weighted by atomic mass is 10.1. The second-order valence-corrected chi connectivity index (χ2v) is 8.10. The summed E-state index contributed by atoms with van der Waals surface area (Å²) < 4.78 is 12.4. The van der Waals surface area contributed by atoms with Crippen LogP contribution in [0.3, 0.4) is 0 Å². The smallest absolute Gasteiger partial charge is 0.269 e. The molecule has 170 valence electrons. The molecular formula is C25H19BrN4O4. The number of para-hydroxylation sites is 2. The molecule has 4 aromatic rings. The number of rotatable bonds is 8. The number of hydrogen-bond donors (Lipinski definition) is 1. The Morgan fingerprint density at radius 2 is 1.97 bits per heavy atom. The molecule has 0 unspecified atom stereocenters. The number of nitrogens with one attached hydrogen (secondary N) is 1. The standard InChI is InChI=1S/C25H19BrN4O4/c1-2-33-23-13-17(11-18(14-27)25-28-21-5-3-4-6-22(21)29-25)12-20(26)24(23)34-15-16-7-9-19(10-8-16)30(31)32/h3-13H,2,15H2,1H3,(H,28,29)/b18-11+. The summed E-state index contributed by atoms with van der Waals surface area (Å²) in [4.78, 5) is 18.1. The summed E-state index contributed by atoms with van der Waals surface area (Å²) in [5.74, 6) is 1.49. The molecule has 8 nitrogen and oxygen atoms in total. The van der Waals surface area contributed by atoms with E-state index in [2.05, 4.69) is 32.0 Å². The number of aromatic amines is 1. The van der Waals surface area contributed by atoms with Gasteiger partial charge in [0.25, 0.3) is 5.69 Å². The summed E-state index contributed by atoms with van der Waals surface area (Å²) in [6, 6.07) is 19.6. The van der Waals surface area contributed by atoms with E-state index < -0.39 is 4.92 Å². The second kappa shape index (κ2) is 10.2. The van der Waals surface area contributed by atoms with Crippen LogP contribution in [-0.2, 0) is 6.61 Å². The monoisotopic (exact) mass is 518 g/mol. The first-order valence-corrected chi connectivity index (χ1v) is 11.2. The van der Waals surface area contributed by atoms with Gasteiger partial charge in [-0.3, -0.25) is 10.1 Å². The number of benzene rings is 3. The number of imidazole rings is 1. The average molecular weight is 519 g/mol. The largest absolute Gasteiger partial charge is 0.490 e. The van der Waals surface area contributed by atoms with Crippen LogP contribution in [0.1, 0.15) is 23.9 Å². The molecule has 1 aromatic heterocycles. The predicted octanol–water partition coefficient (Wildman–Crippen LogP) is 6.28. The molecule has 0 aliphatic rings. The Bertz CT molecular complexity index is 1390. The van der Waals surface area contributed by atoms with Crippen molar-refractivity contribution in [1.82, 2.24) is 9.97 Å². The number of fused-ring (bicyclic) bond motifs is 1. The minimum absolute atomic E-state index is 0.0221. The number of ether oxygens (including phenoxy) is 2. The molecule has 0 aliphatic carbocycles. The molecule has 1 N–H and O–H groups in total. The molecule has 0 spiro atoms. The van der Waals surface area contributed by atoms with Crippen molar-refractivity contribution >= 4 is 44.3 Å². The number of H-pyrrole nitrogens is 1. The molecule has 0 amide bonds. The van der Waals surface area contributed by atoms with Gasteiger partial charge in [-0.2, -0.15) is 5.26 Å². The van der Waals surface area contributed by atoms with Crippen LogP contribution in [0.25, 0.3) is 22.7 Å². The van der Waals surface area contributed by atoms with Crippen molar-refractivity contribution in [2.75, 3.05) is 6.61 Å². The molecule has 0 aliphatic heterocycles. The average Bonchev–Trinajstić information content (AvgIpc) is 3.26. The van der Waals surface area contributed by atoms with E-state index in [-0.39, 0.29) is 12.3 Å². The highest BCUT2D eigenvalue weighted by Crippen LogP contribution is 2.38. The van der Waals surface area contributed by atoms with Gasteiger partial charge in [-0.1, -0.05) is 12.1 Å². The Morgan fingerprint density at radius 3 is 2.65 bits per heavy atom. The molecule has 0 radical (unpaired) electrons. The van der Waals surface area contributed by atoms with Crippen molar-refractivity contribution in [2.24, 2.45) is 0 Å². The summed E-state index contributed by atoms with van der Waals surface area (Å²) in [6.45, 7) is 2.49. The number of nitriles is 1. The van der Waals surface area contributed by atoms with Crippen LogP contribution in [0, 0.1) is 21.4 Å². The number of nitro groups is 1. The Labute approximate surface area is 203 Å². The molecule has 0 saturated carbocycles. The normalized spacial score (nSPS) is 11.3. The van der Waals surface area contributed by atoms with Crippen molar-refractivity contribution in [2.45, 2.75) is 13.5 Å². The van der Waals surface area contributed by atoms with Crippen molar-refractivity contribution in [1.29, 1.82) is 5.26 Å². The van der Waals surface area contributed by atoms with Gasteiger partial charge in [0, 0.05) is 12.1 Å². The van der Waals surface area contributed by atoms with Crippen LogP contribution >= 0.6 is 15.9 Å². The fraction of sp³-hybridized carbons (Fsp3) is 0.120. The van der Waals surface area contributed by atoms with Crippen LogP contribution in [0.5, 0.6) is 11.5 Å². The number of hydrogen-bond acceptors (Lipinski definition) is 6. The number of non-ortho nitro benzene ring substituents is 1. The van der Waals surface area contributed by atoms with E-state index in [0.29, 0.717) is 34.0 Å². The number of halogens is 1. The lowest BCUT2D eigenvalue weighted by Gasteiger charge is -2.15. The first kappa shape index (κ1) is 23.0. The van der Waals surface area contributed by atoms with E-state index in [1.54, 1.807) is 24.3 Å². The summed E-state index contributed by atoms with van der Waals surface area (Å²) in [5.41, 5.74) is 3.55. The van der Waals surface area contributed by atoms with E-state index >= 15 is 0 Å². The van der Waals surface area contributed by atoms with Gasteiger partial charge in [0.1, 0.15) is 18.5 Å². The summed E-state index contributed by atoms with van der Waals surface area (Å²) in [6.07, 6.45) is 1.73. The molecule has 0 bridgehead atoms. The highest BCUT2D eigenvalue weighted by atomic mass is 79.9. The van der Waals surface area contributed by atoms with Crippen molar-refractivity contribution < 1.29 is 14.4 Å². The third kappa shape index (κ3) is 5.08. The zero-order valence-electron chi connectivity index (χ0n) is 18.1. The predicted molar refractivity (Wildman–Crippen MR) is 132 cm³/mol. The highest BCUT2D eigenvalue weighted by Gasteiger charge is 2.14. The van der Waals surface area contributed by atoms with Crippen molar-refractivity contribution in [3.05, 3.63) is 92.2 Å². The van der Waals surface area contributed by atoms with Crippen LogP contribution < -0.4 is 9.47 Å². The van der Waals surface area contributed by atoms with E-state index in [9.17, 15) is 15.4 Å². The third-order valence-electron chi connectivity index (χ3n) is 4.94. The molecule has 0 atom stereocenters. The minimum Gasteiger partial charge on any atom is -0.490 e. The minimum atomic E-state index is -0.443. The van der Waals surface area contributed by atoms with Gasteiger partial charge in [0.2, 0.25) is 0 Å². The molecule has 34 heavy (non-hydrogen) atoms. The van der Waals surface area contributed by atoms with Gasteiger partial charge in [0.05, 0.1) is 32.6 Å². The molecule has 0 saturated heterocycles. The number of allylic oxidation sites excluding steroid dienone is 1. The topological polar surface area (TPSA) is 114 Å². The molecular weight excluding hydrogens is 500 g/mol. The molecule has 4 rings (SSSR count). The van der Waals surface area contributed by atoms with E-state index in [1.807, 2.05) is 37.3 Å². The van der Waals surface area contributed by atoms with Crippen molar-refractivity contribution in [3.8, 4) is 17.6 Å². The van der Waals surface area contributed by atoms with E-state index in [1.165, 1.54) is 12.1 Å². The molecule has 1 heterocycles. The quantitative estimate of drug-likeness (QED) is 0.167. The van der Waals surface area contributed by atoms with Crippen LogP contribution in [-0.4, -0.2) is 21.5 Å². The Morgan fingerprint density at radius 1 is 1.21 bits per heavy atom. The zero-order valence-corrected chi connectivity index (χ0v) is 19.7. The number of nitro benzene ring substituents is 1. The summed E-state index contributed by atoms with van der Waals surface area (Å²) >= 11 is 3.54. The fourth-order valence-corrected chi connectivity index (χ4v) is 3.92. The number of nitrogens with zero attached hydrogens (tertiary/aromatic N) is 3. The zero-order chi connectivity index (χ0) is 24.1. The maximum absolute atomic E-state index is 10.8. The molecule has 9 heteroatoms. The lowest BCUT2D eigenvalue weighted by molar-refractivity contribution is -0.384. The van der Waals surface area contributed by atoms with Gasteiger partial charge in [-0.25, -0.2) is 4.98 Å². The second-order valence-electron chi connectivity index (χ2n) is 7.25. The maximum atomic E-state index is 10.8. The first-order chi connectivity index (χ1) is 16.5. The van der Waals surface area contributed by atoms with Crippen LogP contribution in [0.4, 0.5) is 5.69 Å². The van der Waals surface area contributed by atoms with E-state index in [4.69, 9.17) is 9.47 Å². The summed E-state index contributed by atoms with van der Waals surface area (Å²) in [7, 11) is 0. The van der Waals surface area contributed by atoms with Crippen LogP contribution in [0.2, 0.25) is 0 Å². The van der Waals surface area contributed by atoms with Gasteiger partial charge in [0.15, 0.2) is 11.5 Å². The highest BCUT2D eigenvalue weighted by molar-refractivity contribution is 9.10. The Balaban J connectivity index is 1.62. The van der Waals surface area contributed by atoms with Gasteiger partial charge < -0.3 is 14.5 Å². The Kier molecular flexibility index (Phi) is 6.90. The van der Waals surface area contributed by atoms with Crippen LogP contribution in [0.15, 0.2) is 65.1 Å². The van der Waals surface area contributed by atoms with Crippen molar-refractivity contribution in [3.63, 3.8) is 0 Å². The molecule has 3 aromatic carbocycles. The third-order valence-corrected chi connectivity index (χ3v) is 5.53. The maximum Gasteiger partial charge on any atom is 0.269 e. The first-order valence-electron chi connectivity index (χ1n) is 10.4. The van der Waals surface area contributed by atoms with E-state index in [0.717, 1.165) is 22.2 Å². The fourth-order valence-electron chi connectivity index (χ4n) is 3.34. The van der Waals surface area contributed by atoms with Gasteiger partial charge in [-0.15, -0.1) is 0 Å². The Hall–Kier alpha value is -4.16. The van der Waals surface area contributed by atoms with Gasteiger partial charge >= 0.3 is 0 Å². The van der Waals surface area contributed by atoms with Gasteiger partial charge in [-0.05, 0) is 76.5 Å². The SMILES string of the molecule is CCOc1cc(/C=C(\C#N)c2nc3ccccc3[nH]2)cc(Br)c1OCc1ccc([N+](=O)[O-])cc1. The lowest BCUT2D eigenvalue weighted by Crippen LogP contribution is -2.01.